The lowest BCUT2D eigenvalue weighted by Crippen LogP contribution is -1.91. The van der Waals surface area contributed by atoms with E-state index in [-0.39, 0.29) is 0 Å². The Bertz CT molecular complexity index is 1050. The van der Waals surface area contributed by atoms with E-state index < -0.39 is 0 Å². The van der Waals surface area contributed by atoms with Crippen molar-refractivity contribution in [2.24, 2.45) is 0 Å². The van der Waals surface area contributed by atoms with Gasteiger partial charge >= 0.3 is 0 Å². The molecular weight excluding hydrogens is 348 g/mol. The number of aromatic nitrogens is 2. The molecule has 0 aliphatic heterocycles. The molecule has 0 spiro atoms. The summed E-state index contributed by atoms with van der Waals surface area (Å²) < 4.78 is 1.01. The first-order valence-corrected chi connectivity index (χ1v) is 8.32. The summed E-state index contributed by atoms with van der Waals surface area (Å²) in [7, 11) is 0. The summed E-state index contributed by atoms with van der Waals surface area (Å²) in [6.07, 6.45) is 5.67. The van der Waals surface area contributed by atoms with Gasteiger partial charge in [-0.15, -0.1) is 0 Å². The van der Waals surface area contributed by atoms with Gasteiger partial charge in [-0.25, -0.2) is 0 Å². The SMILES string of the molecule is Cc1ccc2cnc(-c3ccc4cncc(Br)c4c3)c(C)c2c1. The number of fused-ring (bicyclic) bond motifs is 2. The summed E-state index contributed by atoms with van der Waals surface area (Å²) in [4.78, 5) is 8.93. The van der Waals surface area contributed by atoms with Gasteiger partial charge in [-0.05, 0) is 52.2 Å². The van der Waals surface area contributed by atoms with E-state index in [0.717, 1.165) is 26.5 Å². The Labute approximate surface area is 143 Å². The first-order chi connectivity index (χ1) is 11.1. The summed E-state index contributed by atoms with van der Waals surface area (Å²) in [6.45, 7) is 4.27. The number of nitrogens with zero attached hydrogens (tertiary/aromatic N) is 2. The highest BCUT2D eigenvalue weighted by molar-refractivity contribution is 9.10. The van der Waals surface area contributed by atoms with Gasteiger partial charge in [0.15, 0.2) is 0 Å². The molecule has 23 heavy (non-hydrogen) atoms. The van der Waals surface area contributed by atoms with Crippen LogP contribution in [0.3, 0.4) is 0 Å². The van der Waals surface area contributed by atoms with Crippen LogP contribution in [0.25, 0.3) is 32.8 Å². The second-order valence-electron chi connectivity index (χ2n) is 5.88. The third kappa shape index (κ3) is 2.41. The lowest BCUT2D eigenvalue weighted by Gasteiger charge is -2.10. The van der Waals surface area contributed by atoms with Gasteiger partial charge < -0.3 is 0 Å². The number of hydrogen-bond acceptors (Lipinski definition) is 2. The van der Waals surface area contributed by atoms with Crippen LogP contribution in [-0.2, 0) is 0 Å². The Morgan fingerprint density at radius 1 is 0.826 bits per heavy atom. The molecule has 0 N–H and O–H groups in total. The minimum atomic E-state index is 1.01. The van der Waals surface area contributed by atoms with Crippen molar-refractivity contribution in [2.45, 2.75) is 13.8 Å². The highest BCUT2D eigenvalue weighted by Crippen LogP contribution is 2.31. The fourth-order valence-electron chi connectivity index (χ4n) is 3.03. The Hall–Kier alpha value is -2.26. The molecule has 0 unspecified atom stereocenters. The van der Waals surface area contributed by atoms with Gasteiger partial charge in [0.2, 0.25) is 0 Å². The van der Waals surface area contributed by atoms with Crippen molar-refractivity contribution in [2.75, 3.05) is 0 Å². The van der Waals surface area contributed by atoms with Gasteiger partial charge in [0, 0.05) is 39.4 Å². The zero-order valence-corrected chi connectivity index (χ0v) is 14.6. The Morgan fingerprint density at radius 3 is 2.48 bits per heavy atom. The molecule has 2 heterocycles. The molecular formula is C20H15BrN2. The highest BCUT2D eigenvalue weighted by atomic mass is 79.9. The molecule has 0 atom stereocenters. The van der Waals surface area contributed by atoms with Crippen molar-refractivity contribution in [3.05, 3.63) is 70.6 Å². The maximum Gasteiger partial charge on any atom is 0.0737 e. The summed E-state index contributed by atoms with van der Waals surface area (Å²) in [5.41, 5.74) is 4.65. The van der Waals surface area contributed by atoms with E-state index >= 15 is 0 Å². The van der Waals surface area contributed by atoms with Gasteiger partial charge in [0.1, 0.15) is 0 Å². The number of hydrogen-bond donors (Lipinski definition) is 0. The molecule has 2 aromatic heterocycles. The van der Waals surface area contributed by atoms with Gasteiger partial charge in [0.05, 0.1) is 5.69 Å². The summed E-state index contributed by atoms with van der Waals surface area (Å²) in [5.74, 6) is 0. The average Bonchev–Trinajstić information content (AvgIpc) is 2.56. The van der Waals surface area contributed by atoms with Crippen molar-refractivity contribution >= 4 is 37.5 Å². The number of rotatable bonds is 1. The lowest BCUT2D eigenvalue weighted by molar-refractivity contribution is 1.30. The predicted molar refractivity (Wildman–Crippen MR) is 99.7 cm³/mol. The van der Waals surface area contributed by atoms with Crippen molar-refractivity contribution in [1.29, 1.82) is 0 Å². The quantitative estimate of drug-likeness (QED) is 0.425. The number of aryl methyl sites for hydroxylation is 2. The molecule has 0 fully saturated rings. The van der Waals surface area contributed by atoms with Gasteiger partial charge in [0.25, 0.3) is 0 Å². The number of pyridine rings is 2. The minimum absolute atomic E-state index is 1.01. The maximum absolute atomic E-state index is 4.71. The first-order valence-electron chi connectivity index (χ1n) is 7.53. The van der Waals surface area contributed by atoms with Crippen LogP contribution in [0.2, 0.25) is 0 Å². The average molecular weight is 363 g/mol. The Kier molecular flexibility index (Phi) is 3.38. The van der Waals surface area contributed by atoms with E-state index in [1.807, 2.05) is 18.6 Å². The first kappa shape index (κ1) is 14.3. The van der Waals surface area contributed by atoms with E-state index in [1.54, 1.807) is 0 Å². The summed E-state index contributed by atoms with van der Waals surface area (Å²) in [6, 6.07) is 12.9. The van der Waals surface area contributed by atoms with E-state index in [0.29, 0.717) is 0 Å². The van der Waals surface area contributed by atoms with Crippen molar-refractivity contribution < 1.29 is 0 Å². The van der Waals surface area contributed by atoms with Crippen molar-refractivity contribution in [1.82, 2.24) is 9.97 Å². The van der Waals surface area contributed by atoms with E-state index in [1.165, 1.54) is 21.9 Å². The molecule has 0 bridgehead atoms. The van der Waals surface area contributed by atoms with Crippen LogP contribution in [0.4, 0.5) is 0 Å². The van der Waals surface area contributed by atoms with E-state index in [2.05, 4.69) is 71.2 Å². The molecule has 0 radical (unpaired) electrons. The van der Waals surface area contributed by atoms with Crippen LogP contribution in [-0.4, -0.2) is 9.97 Å². The highest BCUT2D eigenvalue weighted by Gasteiger charge is 2.09. The molecule has 0 saturated carbocycles. The molecule has 0 saturated heterocycles. The third-order valence-electron chi connectivity index (χ3n) is 4.29. The van der Waals surface area contributed by atoms with Crippen LogP contribution < -0.4 is 0 Å². The smallest absolute Gasteiger partial charge is 0.0737 e. The van der Waals surface area contributed by atoms with E-state index in [4.69, 9.17) is 4.98 Å². The topological polar surface area (TPSA) is 25.8 Å². The molecule has 2 nitrogen and oxygen atoms in total. The van der Waals surface area contributed by atoms with Crippen LogP contribution in [0.1, 0.15) is 11.1 Å². The molecule has 0 aliphatic carbocycles. The minimum Gasteiger partial charge on any atom is -0.263 e. The van der Waals surface area contributed by atoms with Crippen LogP contribution >= 0.6 is 15.9 Å². The second-order valence-corrected chi connectivity index (χ2v) is 6.73. The Morgan fingerprint density at radius 2 is 1.61 bits per heavy atom. The van der Waals surface area contributed by atoms with Gasteiger partial charge in [-0.3, -0.25) is 9.97 Å². The fraction of sp³-hybridized carbons (Fsp3) is 0.100. The fourth-order valence-corrected chi connectivity index (χ4v) is 3.49. The number of halogens is 1. The van der Waals surface area contributed by atoms with Crippen molar-refractivity contribution in [3.63, 3.8) is 0 Å². The normalized spacial score (nSPS) is 11.3. The van der Waals surface area contributed by atoms with Gasteiger partial charge in [-0.1, -0.05) is 35.9 Å². The number of benzene rings is 2. The van der Waals surface area contributed by atoms with Gasteiger partial charge in [-0.2, -0.15) is 0 Å². The second kappa shape index (κ2) is 5.43. The molecule has 4 rings (SSSR count). The molecule has 0 aliphatic rings. The van der Waals surface area contributed by atoms with E-state index in [9.17, 15) is 0 Å². The van der Waals surface area contributed by atoms with Crippen LogP contribution in [0.15, 0.2) is 59.5 Å². The zero-order chi connectivity index (χ0) is 16.0. The monoisotopic (exact) mass is 362 g/mol. The molecule has 4 aromatic rings. The van der Waals surface area contributed by atoms with Crippen LogP contribution in [0.5, 0.6) is 0 Å². The summed E-state index contributed by atoms with van der Waals surface area (Å²) in [5, 5.41) is 4.73. The Balaban J connectivity index is 1.98. The summed E-state index contributed by atoms with van der Waals surface area (Å²) >= 11 is 3.59. The van der Waals surface area contributed by atoms with Crippen molar-refractivity contribution in [3.8, 4) is 11.3 Å². The molecule has 0 amide bonds. The lowest BCUT2D eigenvalue weighted by atomic mass is 9.98. The maximum atomic E-state index is 4.71. The molecule has 2 aromatic carbocycles. The third-order valence-corrected chi connectivity index (χ3v) is 4.92. The molecule has 112 valence electrons. The standard InChI is InChI=1S/C20H15BrN2/c1-12-3-4-16-10-23-20(13(2)17(16)7-12)14-5-6-15-9-22-11-19(21)18(15)8-14/h3-11H,1-2H3. The van der Waals surface area contributed by atoms with Crippen LogP contribution in [0, 0.1) is 13.8 Å². The predicted octanol–water partition coefficient (Wildman–Crippen LogP) is 5.83. The molecule has 3 heteroatoms. The zero-order valence-electron chi connectivity index (χ0n) is 13.0. The largest absolute Gasteiger partial charge is 0.263 e.